The fourth-order valence-electron chi connectivity index (χ4n) is 2.72. The van der Waals surface area contributed by atoms with Crippen LogP contribution in [-0.4, -0.2) is 30.9 Å². The van der Waals surface area contributed by atoms with Gasteiger partial charge in [0, 0.05) is 6.54 Å². The van der Waals surface area contributed by atoms with Gasteiger partial charge in [0.25, 0.3) is 0 Å². The lowest BCUT2D eigenvalue weighted by Crippen LogP contribution is -2.29. The van der Waals surface area contributed by atoms with Crippen molar-refractivity contribution in [1.82, 2.24) is 10.2 Å². The fraction of sp³-hybridized carbons (Fsp3) is 0.318. The van der Waals surface area contributed by atoms with Gasteiger partial charge in [0.2, 0.25) is 5.91 Å². The fourth-order valence-corrected chi connectivity index (χ4v) is 2.72. The molecule has 1 N–H and O–H groups in total. The first-order valence-electron chi connectivity index (χ1n) is 8.71. The maximum atomic E-state index is 12.3. The summed E-state index contributed by atoms with van der Waals surface area (Å²) in [5, 5.41) is 2.92. The van der Waals surface area contributed by atoms with Crippen LogP contribution >= 0.6 is 0 Å². The number of carbonyl (C=O) groups is 1. The van der Waals surface area contributed by atoms with Gasteiger partial charge in [-0.3, -0.25) is 9.69 Å². The highest BCUT2D eigenvalue weighted by Crippen LogP contribution is 2.18. The highest BCUT2D eigenvalue weighted by molar-refractivity contribution is 5.83. The average Bonchev–Trinajstić information content (AvgIpc) is 2.64. The lowest BCUT2D eigenvalue weighted by Gasteiger charge is -2.14. The molecule has 0 heterocycles. The van der Waals surface area contributed by atoms with Crippen molar-refractivity contribution < 1.29 is 4.79 Å². The molecule has 1 unspecified atom stereocenters. The molecule has 0 saturated heterocycles. The largest absolute Gasteiger partial charge is 0.345 e. The summed E-state index contributed by atoms with van der Waals surface area (Å²) in [6.45, 7) is 3.97. The van der Waals surface area contributed by atoms with Crippen LogP contribution in [0.4, 0.5) is 0 Å². The predicted octanol–water partition coefficient (Wildman–Crippen LogP) is 3.43. The Morgan fingerprint density at radius 1 is 1.04 bits per heavy atom. The van der Waals surface area contributed by atoms with Crippen LogP contribution in [0.5, 0.6) is 0 Å². The third-order valence-corrected chi connectivity index (χ3v) is 4.05. The molecule has 0 radical (unpaired) electrons. The highest BCUT2D eigenvalue weighted by atomic mass is 16.1. The number of hydrogen-bond donors (Lipinski definition) is 1. The second kappa shape index (κ2) is 10.3. The zero-order chi connectivity index (χ0) is 17.9. The van der Waals surface area contributed by atoms with E-state index in [1.807, 2.05) is 62.5 Å². The van der Waals surface area contributed by atoms with Gasteiger partial charge in [0.05, 0.1) is 19.0 Å². The molecule has 2 aromatic rings. The van der Waals surface area contributed by atoms with Gasteiger partial charge in [0.1, 0.15) is 0 Å². The lowest BCUT2D eigenvalue weighted by molar-refractivity contribution is -0.122. The minimum absolute atomic E-state index is 0.0423. The van der Waals surface area contributed by atoms with Gasteiger partial charge in [-0.05, 0) is 24.6 Å². The molecule has 0 aromatic heterocycles. The summed E-state index contributed by atoms with van der Waals surface area (Å²) in [4.78, 5) is 14.5. The van der Waals surface area contributed by atoms with Crippen molar-refractivity contribution in [2.75, 3.05) is 20.1 Å². The van der Waals surface area contributed by atoms with E-state index in [1.165, 1.54) is 5.56 Å². The highest BCUT2D eigenvalue weighted by Gasteiger charge is 2.17. The molecule has 0 spiro atoms. The molecule has 2 rings (SSSR count). The number of carbonyl (C=O) groups excluding carboxylic acids is 1. The Morgan fingerprint density at radius 2 is 1.68 bits per heavy atom. The van der Waals surface area contributed by atoms with Gasteiger partial charge in [-0.1, -0.05) is 79.4 Å². The Kier molecular flexibility index (Phi) is 7.75. The van der Waals surface area contributed by atoms with Gasteiger partial charge in [0.15, 0.2) is 0 Å². The standard InChI is InChI=1S/C22H26N2O/c1-3-21(20-14-8-5-9-15-20)22(25)23-16-10-11-17-24(2)18-19-12-6-4-7-13-19/h4-9,12-15,21H,3,16-18H2,1-2H3,(H,23,25). The minimum atomic E-state index is -0.108. The summed E-state index contributed by atoms with van der Waals surface area (Å²) in [7, 11) is 2.04. The minimum Gasteiger partial charge on any atom is -0.345 e. The Labute approximate surface area is 151 Å². The predicted molar refractivity (Wildman–Crippen MR) is 103 cm³/mol. The molecule has 3 nitrogen and oxygen atoms in total. The molecule has 2 aromatic carbocycles. The summed E-state index contributed by atoms with van der Waals surface area (Å²) in [6.07, 6.45) is 0.781. The van der Waals surface area contributed by atoms with E-state index in [0.29, 0.717) is 13.1 Å². The average molecular weight is 334 g/mol. The Morgan fingerprint density at radius 3 is 2.32 bits per heavy atom. The molecule has 0 bridgehead atoms. The summed E-state index contributed by atoms with van der Waals surface area (Å²) < 4.78 is 0. The molecule has 0 aliphatic heterocycles. The van der Waals surface area contributed by atoms with Crippen LogP contribution in [0.1, 0.15) is 30.4 Å². The number of benzene rings is 2. The van der Waals surface area contributed by atoms with E-state index in [9.17, 15) is 4.79 Å². The SMILES string of the molecule is CCC(C(=O)NCC#CCN(C)Cc1ccccc1)c1ccccc1. The van der Waals surface area contributed by atoms with E-state index in [4.69, 9.17) is 0 Å². The Balaban J connectivity index is 1.75. The maximum absolute atomic E-state index is 12.3. The normalized spacial score (nSPS) is 11.5. The van der Waals surface area contributed by atoms with Crippen LogP contribution in [0.25, 0.3) is 0 Å². The van der Waals surface area contributed by atoms with E-state index in [-0.39, 0.29) is 11.8 Å². The van der Waals surface area contributed by atoms with Crippen LogP contribution in [0.15, 0.2) is 60.7 Å². The van der Waals surface area contributed by atoms with Gasteiger partial charge < -0.3 is 5.32 Å². The zero-order valence-corrected chi connectivity index (χ0v) is 15.0. The Bertz CT molecular complexity index is 701. The molecule has 130 valence electrons. The summed E-state index contributed by atoms with van der Waals surface area (Å²) >= 11 is 0. The number of rotatable bonds is 7. The van der Waals surface area contributed by atoms with Crippen molar-refractivity contribution in [2.24, 2.45) is 0 Å². The van der Waals surface area contributed by atoms with Crippen molar-refractivity contribution in [2.45, 2.75) is 25.8 Å². The van der Waals surface area contributed by atoms with Crippen molar-refractivity contribution in [3.8, 4) is 11.8 Å². The van der Waals surface area contributed by atoms with Crippen LogP contribution in [-0.2, 0) is 11.3 Å². The van der Waals surface area contributed by atoms with Crippen molar-refractivity contribution in [1.29, 1.82) is 0 Å². The third kappa shape index (κ3) is 6.45. The first-order chi connectivity index (χ1) is 12.2. The molecule has 1 atom stereocenters. The number of nitrogens with one attached hydrogen (secondary N) is 1. The van der Waals surface area contributed by atoms with E-state index in [0.717, 1.165) is 18.5 Å². The van der Waals surface area contributed by atoms with Gasteiger partial charge in [-0.25, -0.2) is 0 Å². The van der Waals surface area contributed by atoms with E-state index in [1.54, 1.807) is 0 Å². The van der Waals surface area contributed by atoms with Crippen LogP contribution < -0.4 is 5.32 Å². The quantitative estimate of drug-likeness (QED) is 0.787. The van der Waals surface area contributed by atoms with E-state index in [2.05, 4.69) is 34.2 Å². The van der Waals surface area contributed by atoms with Gasteiger partial charge >= 0.3 is 0 Å². The zero-order valence-electron chi connectivity index (χ0n) is 15.0. The second-order valence-corrected chi connectivity index (χ2v) is 6.10. The molecule has 0 fully saturated rings. The molecular formula is C22H26N2O. The first-order valence-corrected chi connectivity index (χ1v) is 8.71. The van der Waals surface area contributed by atoms with E-state index >= 15 is 0 Å². The number of amides is 1. The molecule has 0 aliphatic rings. The number of hydrogen-bond acceptors (Lipinski definition) is 2. The van der Waals surface area contributed by atoms with Crippen molar-refractivity contribution >= 4 is 5.91 Å². The Hall–Kier alpha value is -2.57. The molecule has 1 amide bonds. The van der Waals surface area contributed by atoms with Crippen LogP contribution in [0.3, 0.4) is 0 Å². The molecular weight excluding hydrogens is 308 g/mol. The van der Waals surface area contributed by atoms with Crippen LogP contribution in [0.2, 0.25) is 0 Å². The molecule has 25 heavy (non-hydrogen) atoms. The first kappa shape index (κ1) is 18.8. The molecule has 0 saturated carbocycles. The smallest absolute Gasteiger partial charge is 0.228 e. The third-order valence-electron chi connectivity index (χ3n) is 4.05. The van der Waals surface area contributed by atoms with E-state index < -0.39 is 0 Å². The topological polar surface area (TPSA) is 32.3 Å². The lowest BCUT2D eigenvalue weighted by atomic mass is 9.96. The molecule has 0 aliphatic carbocycles. The summed E-state index contributed by atoms with van der Waals surface area (Å²) in [5.41, 5.74) is 2.33. The summed E-state index contributed by atoms with van der Waals surface area (Å²) in [5.74, 6) is 6.09. The maximum Gasteiger partial charge on any atom is 0.228 e. The van der Waals surface area contributed by atoms with Gasteiger partial charge in [-0.15, -0.1) is 0 Å². The van der Waals surface area contributed by atoms with Crippen molar-refractivity contribution in [3.63, 3.8) is 0 Å². The molecule has 3 heteroatoms. The second-order valence-electron chi connectivity index (χ2n) is 6.10. The monoisotopic (exact) mass is 334 g/mol. The van der Waals surface area contributed by atoms with Gasteiger partial charge in [-0.2, -0.15) is 0 Å². The summed E-state index contributed by atoms with van der Waals surface area (Å²) in [6, 6.07) is 20.2. The number of nitrogens with zero attached hydrogens (tertiary/aromatic N) is 1. The van der Waals surface area contributed by atoms with Crippen molar-refractivity contribution in [3.05, 3.63) is 71.8 Å². The van der Waals surface area contributed by atoms with Crippen LogP contribution in [0, 0.1) is 11.8 Å².